The summed E-state index contributed by atoms with van der Waals surface area (Å²) in [6.07, 6.45) is 7.12. The lowest BCUT2D eigenvalue weighted by Gasteiger charge is -2.35. The van der Waals surface area contributed by atoms with E-state index in [0.717, 1.165) is 6.54 Å². The first kappa shape index (κ1) is 15.0. The second-order valence-corrected chi connectivity index (χ2v) is 6.53. The quantitative estimate of drug-likeness (QED) is 0.764. The van der Waals surface area contributed by atoms with Gasteiger partial charge in [0.05, 0.1) is 12.2 Å². The van der Waals surface area contributed by atoms with Gasteiger partial charge in [-0.15, -0.1) is 0 Å². The minimum Gasteiger partial charge on any atom is -0.374 e. The van der Waals surface area contributed by atoms with Crippen LogP contribution in [0.2, 0.25) is 0 Å². The third kappa shape index (κ3) is 5.87. The van der Waals surface area contributed by atoms with Crippen molar-refractivity contribution in [3.63, 3.8) is 0 Å². The van der Waals surface area contributed by atoms with E-state index in [2.05, 4.69) is 39.9 Å². The summed E-state index contributed by atoms with van der Waals surface area (Å²) in [5.74, 6) is 0. The fourth-order valence-corrected chi connectivity index (χ4v) is 2.40. The molecule has 1 saturated carbocycles. The fourth-order valence-electron chi connectivity index (χ4n) is 2.40. The Kier molecular flexibility index (Phi) is 5.94. The van der Waals surface area contributed by atoms with Crippen LogP contribution in [0.25, 0.3) is 0 Å². The zero-order valence-electron chi connectivity index (χ0n) is 12.4. The summed E-state index contributed by atoms with van der Waals surface area (Å²) >= 11 is 0. The molecule has 1 N–H and O–H groups in total. The molecule has 0 amide bonds. The van der Waals surface area contributed by atoms with Crippen LogP contribution in [-0.2, 0) is 4.74 Å². The predicted molar refractivity (Wildman–Crippen MR) is 74.3 cm³/mol. The highest BCUT2D eigenvalue weighted by Gasteiger charge is 2.27. The Bertz CT molecular complexity index is 205. The molecule has 0 aromatic carbocycles. The first-order valence-electron chi connectivity index (χ1n) is 7.32. The summed E-state index contributed by atoms with van der Waals surface area (Å²) in [5, 5.41) is 3.51. The fraction of sp³-hybridized carbons (Fsp3) is 1.00. The van der Waals surface area contributed by atoms with Gasteiger partial charge in [-0.1, -0.05) is 20.8 Å². The van der Waals surface area contributed by atoms with Crippen molar-refractivity contribution in [3.05, 3.63) is 0 Å². The van der Waals surface area contributed by atoms with Crippen molar-refractivity contribution in [1.29, 1.82) is 0 Å². The molecule has 0 spiro atoms. The third-order valence-corrected chi connectivity index (χ3v) is 4.08. The smallest absolute Gasteiger partial charge is 0.0675 e. The van der Waals surface area contributed by atoms with E-state index in [1.807, 2.05) is 0 Å². The van der Waals surface area contributed by atoms with Gasteiger partial charge in [-0.3, -0.25) is 0 Å². The molecule has 0 aliphatic heterocycles. The lowest BCUT2D eigenvalue weighted by Crippen LogP contribution is -2.36. The molecule has 2 nitrogen and oxygen atoms in total. The van der Waals surface area contributed by atoms with Gasteiger partial charge in [0.2, 0.25) is 0 Å². The molecule has 0 saturated heterocycles. The first-order valence-corrected chi connectivity index (χ1v) is 7.32. The van der Waals surface area contributed by atoms with Crippen molar-refractivity contribution in [3.8, 4) is 0 Å². The Morgan fingerprint density at radius 3 is 2.35 bits per heavy atom. The number of hydrogen-bond donors (Lipinski definition) is 1. The summed E-state index contributed by atoms with van der Waals surface area (Å²) in [6.45, 7) is 12.4. The molecule has 0 aromatic heterocycles. The average molecular weight is 241 g/mol. The molecular weight excluding hydrogens is 210 g/mol. The lowest BCUT2D eigenvalue weighted by molar-refractivity contribution is -0.0371. The van der Waals surface area contributed by atoms with E-state index in [4.69, 9.17) is 4.74 Å². The van der Waals surface area contributed by atoms with E-state index in [-0.39, 0.29) is 0 Å². The monoisotopic (exact) mass is 241 g/mol. The van der Waals surface area contributed by atoms with Gasteiger partial charge in [0.25, 0.3) is 0 Å². The lowest BCUT2D eigenvalue weighted by atomic mass is 9.76. The second kappa shape index (κ2) is 6.75. The highest BCUT2D eigenvalue weighted by atomic mass is 16.5. The third-order valence-electron chi connectivity index (χ3n) is 4.08. The highest BCUT2D eigenvalue weighted by Crippen LogP contribution is 2.36. The van der Waals surface area contributed by atoms with Crippen LogP contribution in [0.5, 0.6) is 0 Å². The van der Waals surface area contributed by atoms with Crippen molar-refractivity contribution < 1.29 is 4.74 Å². The van der Waals surface area contributed by atoms with E-state index < -0.39 is 0 Å². The standard InChI is InChI=1S/C15H31NO/c1-6-12(2)16-11-13(3)17-14-7-9-15(4,5)10-8-14/h12-14,16H,6-11H2,1-5H3. The Labute approximate surface area is 108 Å². The molecule has 0 aromatic rings. The van der Waals surface area contributed by atoms with Gasteiger partial charge in [0.15, 0.2) is 0 Å². The molecular formula is C15H31NO. The number of ether oxygens (including phenoxy) is 1. The zero-order valence-corrected chi connectivity index (χ0v) is 12.4. The Hall–Kier alpha value is -0.0800. The molecule has 1 rings (SSSR count). The van der Waals surface area contributed by atoms with Gasteiger partial charge in [0, 0.05) is 12.6 Å². The molecule has 2 atom stereocenters. The molecule has 1 aliphatic rings. The molecule has 0 bridgehead atoms. The van der Waals surface area contributed by atoms with Crippen molar-refractivity contribution in [1.82, 2.24) is 5.32 Å². The summed E-state index contributed by atoms with van der Waals surface area (Å²) < 4.78 is 6.12. The van der Waals surface area contributed by atoms with Crippen LogP contribution < -0.4 is 5.32 Å². The van der Waals surface area contributed by atoms with Gasteiger partial charge in [-0.05, 0) is 51.4 Å². The predicted octanol–water partition coefficient (Wildman–Crippen LogP) is 3.75. The maximum absolute atomic E-state index is 6.12. The summed E-state index contributed by atoms with van der Waals surface area (Å²) in [7, 11) is 0. The van der Waals surface area contributed by atoms with Crippen LogP contribution in [0.15, 0.2) is 0 Å². The van der Waals surface area contributed by atoms with Gasteiger partial charge < -0.3 is 10.1 Å². The maximum Gasteiger partial charge on any atom is 0.0675 e. The number of nitrogens with one attached hydrogen (secondary N) is 1. The minimum atomic E-state index is 0.343. The van der Waals surface area contributed by atoms with Gasteiger partial charge in [-0.2, -0.15) is 0 Å². The molecule has 0 heterocycles. The molecule has 1 aliphatic carbocycles. The van der Waals surface area contributed by atoms with E-state index in [1.165, 1.54) is 32.1 Å². The minimum absolute atomic E-state index is 0.343. The van der Waals surface area contributed by atoms with Crippen molar-refractivity contribution >= 4 is 0 Å². The van der Waals surface area contributed by atoms with E-state index in [1.54, 1.807) is 0 Å². The number of hydrogen-bond acceptors (Lipinski definition) is 2. The van der Waals surface area contributed by atoms with E-state index in [0.29, 0.717) is 23.7 Å². The molecule has 2 heteroatoms. The van der Waals surface area contributed by atoms with E-state index >= 15 is 0 Å². The van der Waals surface area contributed by atoms with Crippen LogP contribution in [0, 0.1) is 5.41 Å². The van der Waals surface area contributed by atoms with Crippen molar-refractivity contribution in [2.24, 2.45) is 5.41 Å². The molecule has 17 heavy (non-hydrogen) atoms. The summed E-state index contributed by atoms with van der Waals surface area (Å²) in [6, 6.07) is 0.603. The van der Waals surface area contributed by atoms with E-state index in [9.17, 15) is 0 Å². The first-order chi connectivity index (χ1) is 7.93. The molecule has 102 valence electrons. The molecule has 2 unspecified atom stereocenters. The molecule has 1 fully saturated rings. The SMILES string of the molecule is CCC(C)NCC(C)OC1CCC(C)(C)CC1. The van der Waals surface area contributed by atoms with Crippen LogP contribution in [0.4, 0.5) is 0 Å². The van der Waals surface area contributed by atoms with Crippen molar-refractivity contribution in [2.45, 2.75) is 85.0 Å². The largest absolute Gasteiger partial charge is 0.374 e. The summed E-state index contributed by atoms with van der Waals surface area (Å²) in [5.41, 5.74) is 0.540. The van der Waals surface area contributed by atoms with Crippen molar-refractivity contribution in [2.75, 3.05) is 6.54 Å². The zero-order chi connectivity index (χ0) is 12.9. The molecule has 0 radical (unpaired) electrons. The average Bonchev–Trinajstić information content (AvgIpc) is 2.29. The van der Waals surface area contributed by atoms with Gasteiger partial charge in [-0.25, -0.2) is 0 Å². The topological polar surface area (TPSA) is 21.3 Å². The van der Waals surface area contributed by atoms with Gasteiger partial charge >= 0.3 is 0 Å². The van der Waals surface area contributed by atoms with Crippen LogP contribution >= 0.6 is 0 Å². The summed E-state index contributed by atoms with van der Waals surface area (Å²) in [4.78, 5) is 0. The van der Waals surface area contributed by atoms with Crippen LogP contribution in [0.1, 0.15) is 66.7 Å². The Morgan fingerprint density at radius 1 is 1.24 bits per heavy atom. The van der Waals surface area contributed by atoms with Crippen LogP contribution in [0.3, 0.4) is 0 Å². The Balaban J connectivity index is 2.17. The normalized spacial score (nSPS) is 24.5. The Morgan fingerprint density at radius 2 is 1.82 bits per heavy atom. The highest BCUT2D eigenvalue weighted by molar-refractivity contribution is 4.79. The van der Waals surface area contributed by atoms with Gasteiger partial charge in [0.1, 0.15) is 0 Å². The maximum atomic E-state index is 6.12. The second-order valence-electron chi connectivity index (χ2n) is 6.53. The number of rotatable bonds is 6. The van der Waals surface area contributed by atoms with Crippen LogP contribution in [-0.4, -0.2) is 24.8 Å².